The van der Waals surface area contributed by atoms with Crippen LogP contribution < -0.4 is 0 Å². The van der Waals surface area contributed by atoms with Crippen LogP contribution in [0.1, 0.15) is 46.5 Å². The van der Waals surface area contributed by atoms with Gasteiger partial charge in [0.15, 0.2) is 0 Å². The van der Waals surface area contributed by atoms with Gasteiger partial charge in [-0.15, -0.1) is 0 Å². The van der Waals surface area contributed by atoms with E-state index in [2.05, 4.69) is 0 Å². The summed E-state index contributed by atoms with van der Waals surface area (Å²) < 4.78 is 5.26. The highest BCUT2D eigenvalue weighted by Crippen LogP contribution is 2.23. The van der Waals surface area contributed by atoms with Gasteiger partial charge in [0.05, 0.1) is 0 Å². The number of unbranched alkanes of at least 4 members (excludes halogenated alkanes) is 1. The molecule has 104 valence electrons. The highest BCUT2D eigenvalue weighted by atomic mass is 16.6. The summed E-state index contributed by atoms with van der Waals surface area (Å²) in [5.74, 6) is -0.231. The highest BCUT2D eigenvalue weighted by Gasteiger charge is 2.32. The predicted octanol–water partition coefficient (Wildman–Crippen LogP) is 2.50. The number of ether oxygens (including phenoxy) is 1. The number of hydrogen-bond acceptors (Lipinski definition) is 3. The van der Waals surface area contributed by atoms with Crippen molar-refractivity contribution >= 4 is 12.1 Å². The summed E-state index contributed by atoms with van der Waals surface area (Å²) in [5, 5.41) is 8.50. The summed E-state index contributed by atoms with van der Waals surface area (Å²) in [6.07, 6.45) is 2.62. The Bertz CT molecular complexity index is 303. The number of likely N-dealkylation sites (tertiary alicyclic amines) is 1. The van der Waals surface area contributed by atoms with Gasteiger partial charge in [-0.05, 0) is 39.5 Å². The minimum atomic E-state index is -0.737. The fourth-order valence-corrected chi connectivity index (χ4v) is 1.94. The van der Waals surface area contributed by atoms with E-state index in [4.69, 9.17) is 9.84 Å². The molecule has 0 aromatic carbocycles. The molecule has 1 amide bonds. The molecule has 18 heavy (non-hydrogen) atoms. The molecule has 1 heterocycles. The van der Waals surface area contributed by atoms with E-state index in [0.717, 1.165) is 32.4 Å². The average molecular weight is 257 g/mol. The summed E-state index contributed by atoms with van der Waals surface area (Å²) in [4.78, 5) is 23.7. The summed E-state index contributed by atoms with van der Waals surface area (Å²) in [6, 6.07) is 0. The number of amides is 1. The van der Waals surface area contributed by atoms with E-state index >= 15 is 0 Å². The number of carboxylic acids is 1. The summed E-state index contributed by atoms with van der Waals surface area (Å²) in [5.41, 5.74) is -0.441. The van der Waals surface area contributed by atoms with Crippen LogP contribution >= 0.6 is 0 Å². The molecule has 1 fully saturated rings. The Morgan fingerprint density at radius 2 is 1.89 bits per heavy atom. The first-order valence-electron chi connectivity index (χ1n) is 6.47. The molecule has 0 spiro atoms. The normalized spacial score (nSPS) is 16.3. The molecule has 1 aliphatic heterocycles. The Labute approximate surface area is 108 Å². The minimum absolute atomic E-state index is 0.239. The van der Waals surface area contributed by atoms with Crippen molar-refractivity contribution in [2.75, 3.05) is 13.1 Å². The maximum Gasteiger partial charge on any atom is 0.410 e. The van der Waals surface area contributed by atoms with Gasteiger partial charge in [-0.25, -0.2) is 4.79 Å². The Balaban J connectivity index is 2.09. The van der Waals surface area contributed by atoms with Crippen LogP contribution in [0.2, 0.25) is 0 Å². The summed E-state index contributed by atoms with van der Waals surface area (Å²) in [7, 11) is 0. The van der Waals surface area contributed by atoms with Gasteiger partial charge >= 0.3 is 12.1 Å². The molecule has 0 aromatic rings. The van der Waals surface area contributed by atoms with Gasteiger partial charge in [0, 0.05) is 19.5 Å². The minimum Gasteiger partial charge on any atom is -0.481 e. The first-order chi connectivity index (χ1) is 8.28. The molecule has 0 aromatic heterocycles. The van der Waals surface area contributed by atoms with Gasteiger partial charge in [-0.1, -0.05) is 6.42 Å². The molecule has 5 heteroatoms. The number of hydrogen-bond donors (Lipinski definition) is 1. The molecule has 0 unspecified atom stereocenters. The highest BCUT2D eigenvalue weighted by molar-refractivity contribution is 5.69. The number of rotatable bonds is 5. The van der Waals surface area contributed by atoms with Crippen LogP contribution in [-0.4, -0.2) is 40.8 Å². The Morgan fingerprint density at radius 3 is 2.39 bits per heavy atom. The first kappa shape index (κ1) is 14.8. The molecule has 1 N–H and O–H groups in total. The standard InChI is InChI=1S/C13H23NO4/c1-13(2,3)18-12(17)14-8-10(9-14)6-4-5-7-11(15)16/h10H,4-9H2,1-3H3,(H,15,16). The van der Waals surface area contributed by atoms with E-state index in [9.17, 15) is 9.59 Å². The Kier molecular flexibility index (Phi) is 4.99. The van der Waals surface area contributed by atoms with Gasteiger partial charge in [0.1, 0.15) is 5.60 Å². The predicted molar refractivity (Wildman–Crippen MR) is 67.4 cm³/mol. The lowest BCUT2D eigenvalue weighted by molar-refractivity contribution is -0.137. The van der Waals surface area contributed by atoms with E-state index < -0.39 is 11.6 Å². The summed E-state index contributed by atoms with van der Waals surface area (Å²) >= 11 is 0. The third kappa shape index (κ3) is 5.38. The lowest BCUT2D eigenvalue weighted by Gasteiger charge is -2.39. The van der Waals surface area contributed by atoms with Crippen molar-refractivity contribution < 1.29 is 19.4 Å². The average Bonchev–Trinajstić information content (AvgIpc) is 2.10. The molecule has 0 saturated carbocycles. The SMILES string of the molecule is CC(C)(C)OC(=O)N1CC(CCCCC(=O)O)C1. The molecule has 1 aliphatic rings. The van der Waals surface area contributed by atoms with Gasteiger partial charge < -0.3 is 14.7 Å². The number of carboxylic acid groups (broad SMARTS) is 1. The van der Waals surface area contributed by atoms with Crippen LogP contribution in [0.15, 0.2) is 0 Å². The van der Waals surface area contributed by atoms with Crippen molar-refractivity contribution in [3.8, 4) is 0 Å². The van der Waals surface area contributed by atoms with Crippen LogP contribution in [0.25, 0.3) is 0 Å². The topological polar surface area (TPSA) is 66.8 Å². The maximum absolute atomic E-state index is 11.6. The van der Waals surface area contributed by atoms with Crippen LogP contribution in [0.3, 0.4) is 0 Å². The van der Waals surface area contributed by atoms with Crippen LogP contribution in [-0.2, 0) is 9.53 Å². The van der Waals surface area contributed by atoms with Crippen molar-refractivity contribution in [3.05, 3.63) is 0 Å². The number of carbonyl (C=O) groups excluding carboxylic acids is 1. The van der Waals surface area contributed by atoms with Crippen LogP contribution in [0.4, 0.5) is 4.79 Å². The zero-order chi connectivity index (χ0) is 13.8. The molecular weight excluding hydrogens is 234 g/mol. The van der Waals surface area contributed by atoms with Crippen molar-refractivity contribution in [1.29, 1.82) is 0 Å². The fraction of sp³-hybridized carbons (Fsp3) is 0.846. The van der Waals surface area contributed by atoms with Gasteiger partial charge in [0.2, 0.25) is 0 Å². The number of nitrogens with zero attached hydrogens (tertiary/aromatic N) is 1. The van der Waals surface area contributed by atoms with E-state index in [0.29, 0.717) is 5.92 Å². The molecule has 0 radical (unpaired) electrons. The molecular formula is C13H23NO4. The van der Waals surface area contributed by atoms with E-state index in [1.165, 1.54) is 0 Å². The van der Waals surface area contributed by atoms with Crippen LogP contribution in [0, 0.1) is 5.92 Å². The van der Waals surface area contributed by atoms with Crippen molar-refractivity contribution in [2.45, 2.75) is 52.1 Å². The largest absolute Gasteiger partial charge is 0.481 e. The van der Waals surface area contributed by atoms with Gasteiger partial charge in [-0.3, -0.25) is 4.79 Å². The van der Waals surface area contributed by atoms with Gasteiger partial charge in [0.25, 0.3) is 0 Å². The maximum atomic E-state index is 11.6. The third-order valence-electron chi connectivity index (χ3n) is 2.86. The smallest absolute Gasteiger partial charge is 0.410 e. The second-order valence-electron chi connectivity index (χ2n) is 5.89. The molecule has 0 bridgehead atoms. The zero-order valence-electron chi connectivity index (χ0n) is 11.4. The van der Waals surface area contributed by atoms with Crippen molar-refractivity contribution in [1.82, 2.24) is 4.90 Å². The van der Waals surface area contributed by atoms with E-state index in [1.54, 1.807) is 4.90 Å². The Hall–Kier alpha value is -1.26. The molecule has 5 nitrogen and oxygen atoms in total. The molecule has 0 aliphatic carbocycles. The number of carbonyl (C=O) groups is 2. The van der Waals surface area contributed by atoms with Crippen molar-refractivity contribution in [2.24, 2.45) is 5.92 Å². The first-order valence-corrected chi connectivity index (χ1v) is 6.47. The van der Waals surface area contributed by atoms with Gasteiger partial charge in [-0.2, -0.15) is 0 Å². The molecule has 1 rings (SSSR count). The summed E-state index contributed by atoms with van der Waals surface area (Å²) in [6.45, 7) is 7.04. The second kappa shape index (κ2) is 6.07. The van der Waals surface area contributed by atoms with Crippen LogP contribution in [0.5, 0.6) is 0 Å². The molecule has 0 atom stereocenters. The monoisotopic (exact) mass is 257 g/mol. The van der Waals surface area contributed by atoms with E-state index in [-0.39, 0.29) is 12.5 Å². The third-order valence-corrected chi connectivity index (χ3v) is 2.86. The molecule has 1 saturated heterocycles. The van der Waals surface area contributed by atoms with Crippen molar-refractivity contribution in [3.63, 3.8) is 0 Å². The fourth-order valence-electron chi connectivity index (χ4n) is 1.94. The lowest BCUT2D eigenvalue weighted by atomic mass is 9.94. The second-order valence-corrected chi connectivity index (χ2v) is 5.89. The Morgan fingerprint density at radius 1 is 1.28 bits per heavy atom. The zero-order valence-corrected chi connectivity index (χ0v) is 11.4. The van der Waals surface area contributed by atoms with E-state index in [1.807, 2.05) is 20.8 Å². The lowest BCUT2D eigenvalue weighted by Crippen LogP contribution is -2.51. The quantitative estimate of drug-likeness (QED) is 0.768. The number of aliphatic carboxylic acids is 1.